The highest BCUT2D eigenvalue weighted by Gasteiger charge is 2.25. The first-order valence-electron chi connectivity index (χ1n) is 12.8. The number of primary amides is 1. The third-order valence-electron chi connectivity index (χ3n) is 6.86. The number of benzene rings is 3. The number of anilines is 2. The SMILES string of the molecule is NC(=O)c1cccc(C(=O)c2ccc3c(c2)NC(=O)C3=CNc2ccc(OCCC3CCCCN3)cc2)c1. The molecule has 0 spiro atoms. The van der Waals surface area contributed by atoms with Gasteiger partial charge in [0, 0.05) is 45.9 Å². The number of carbonyl (C=O) groups is 3. The number of amides is 2. The molecule has 194 valence electrons. The Hall–Kier alpha value is -4.43. The Kier molecular flexibility index (Phi) is 7.51. The molecule has 2 aliphatic rings. The minimum atomic E-state index is -0.600. The van der Waals surface area contributed by atoms with Crippen LogP contribution in [0.1, 0.15) is 57.5 Å². The topological polar surface area (TPSA) is 123 Å². The molecule has 1 atom stereocenters. The van der Waals surface area contributed by atoms with Crippen LogP contribution in [-0.4, -0.2) is 36.8 Å². The molecule has 0 saturated carbocycles. The molecule has 38 heavy (non-hydrogen) atoms. The average Bonchev–Trinajstić information content (AvgIpc) is 3.26. The van der Waals surface area contributed by atoms with Crippen molar-refractivity contribution >= 4 is 34.5 Å². The second-order valence-electron chi connectivity index (χ2n) is 9.50. The molecule has 5 N–H and O–H groups in total. The maximum absolute atomic E-state index is 13.0. The smallest absolute Gasteiger partial charge is 0.257 e. The zero-order valence-electron chi connectivity index (χ0n) is 21.0. The summed E-state index contributed by atoms with van der Waals surface area (Å²) in [6.45, 7) is 1.77. The molecule has 8 heteroatoms. The van der Waals surface area contributed by atoms with Gasteiger partial charge >= 0.3 is 0 Å². The van der Waals surface area contributed by atoms with Crippen molar-refractivity contribution in [3.63, 3.8) is 0 Å². The first-order valence-corrected chi connectivity index (χ1v) is 12.8. The first kappa shape index (κ1) is 25.2. The van der Waals surface area contributed by atoms with Crippen LogP contribution in [-0.2, 0) is 4.79 Å². The van der Waals surface area contributed by atoms with E-state index in [4.69, 9.17) is 10.5 Å². The van der Waals surface area contributed by atoms with E-state index in [1.165, 1.54) is 25.3 Å². The van der Waals surface area contributed by atoms with Gasteiger partial charge in [-0.1, -0.05) is 30.7 Å². The molecule has 2 heterocycles. The third kappa shape index (κ3) is 5.76. The molecule has 5 rings (SSSR count). The Morgan fingerprint density at radius 3 is 2.55 bits per heavy atom. The van der Waals surface area contributed by atoms with Gasteiger partial charge in [-0.05, 0) is 68.3 Å². The Balaban J connectivity index is 1.22. The maximum Gasteiger partial charge on any atom is 0.257 e. The number of piperidine rings is 1. The molecule has 1 fully saturated rings. The Morgan fingerprint density at radius 1 is 1.00 bits per heavy atom. The third-order valence-corrected chi connectivity index (χ3v) is 6.86. The number of nitrogens with two attached hydrogens (primary N) is 1. The van der Waals surface area contributed by atoms with E-state index in [2.05, 4.69) is 16.0 Å². The number of hydrogen-bond acceptors (Lipinski definition) is 6. The molecule has 1 saturated heterocycles. The number of ketones is 1. The normalized spacial score (nSPS) is 17.5. The summed E-state index contributed by atoms with van der Waals surface area (Å²) in [6, 6.07) is 19.5. The number of rotatable bonds is 9. The zero-order valence-corrected chi connectivity index (χ0v) is 21.0. The predicted molar refractivity (Wildman–Crippen MR) is 147 cm³/mol. The molecule has 2 amide bonds. The molecule has 0 radical (unpaired) electrons. The Bertz CT molecular complexity index is 1390. The largest absolute Gasteiger partial charge is 0.494 e. The van der Waals surface area contributed by atoms with Crippen LogP contribution in [0.5, 0.6) is 5.75 Å². The maximum atomic E-state index is 13.0. The molecule has 0 bridgehead atoms. The molecule has 1 unspecified atom stereocenters. The van der Waals surface area contributed by atoms with Crippen molar-refractivity contribution in [2.45, 2.75) is 31.7 Å². The molecule has 3 aromatic carbocycles. The van der Waals surface area contributed by atoms with E-state index in [1.54, 1.807) is 42.6 Å². The second-order valence-corrected chi connectivity index (χ2v) is 9.50. The van der Waals surface area contributed by atoms with E-state index in [0.717, 1.165) is 24.4 Å². The summed E-state index contributed by atoms with van der Waals surface area (Å²) in [4.78, 5) is 37.1. The van der Waals surface area contributed by atoms with Gasteiger partial charge in [0.15, 0.2) is 5.78 Å². The van der Waals surface area contributed by atoms with Crippen LogP contribution in [0.3, 0.4) is 0 Å². The lowest BCUT2D eigenvalue weighted by molar-refractivity contribution is -0.110. The standard InChI is InChI=1S/C30H30N4O4/c31-29(36)21-5-3-4-19(16-21)28(35)20-7-12-25-26(30(37)34-27(25)17-20)18-33-23-8-10-24(11-9-23)38-15-13-22-6-1-2-14-32-22/h3-5,7-12,16-18,22,32-33H,1-2,6,13-15H2,(H2,31,36)(H,34,37). The van der Waals surface area contributed by atoms with Crippen molar-refractivity contribution in [1.82, 2.24) is 5.32 Å². The minimum Gasteiger partial charge on any atom is -0.494 e. The van der Waals surface area contributed by atoms with Crippen molar-refractivity contribution < 1.29 is 19.1 Å². The number of nitrogens with one attached hydrogen (secondary N) is 3. The fourth-order valence-electron chi connectivity index (χ4n) is 4.75. The number of carbonyl (C=O) groups excluding carboxylic acids is 3. The molecule has 3 aromatic rings. The van der Waals surface area contributed by atoms with Crippen LogP contribution in [0.15, 0.2) is 72.9 Å². The molecule has 2 aliphatic heterocycles. The Labute approximate surface area is 221 Å². The lowest BCUT2D eigenvalue weighted by atomic mass is 9.98. The fraction of sp³-hybridized carbons (Fsp3) is 0.233. The summed E-state index contributed by atoms with van der Waals surface area (Å²) in [6.07, 6.45) is 6.39. The summed E-state index contributed by atoms with van der Waals surface area (Å²) in [7, 11) is 0. The van der Waals surface area contributed by atoms with Gasteiger partial charge < -0.3 is 26.4 Å². The van der Waals surface area contributed by atoms with E-state index < -0.39 is 5.91 Å². The fourth-order valence-corrected chi connectivity index (χ4v) is 4.75. The van der Waals surface area contributed by atoms with Crippen molar-refractivity contribution in [3.05, 3.63) is 95.2 Å². The van der Waals surface area contributed by atoms with Gasteiger partial charge in [0.2, 0.25) is 5.91 Å². The van der Waals surface area contributed by atoms with Gasteiger partial charge in [0.1, 0.15) is 5.75 Å². The second kappa shape index (κ2) is 11.3. The minimum absolute atomic E-state index is 0.260. The van der Waals surface area contributed by atoms with E-state index in [9.17, 15) is 14.4 Å². The van der Waals surface area contributed by atoms with E-state index in [0.29, 0.717) is 40.6 Å². The lowest BCUT2D eigenvalue weighted by Gasteiger charge is -2.23. The van der Waals surface area contributed by atoms with Crippen molar-refractivity contribution in [3.8, 4) is 5.75 Å². The van der Waals surface area contributed by atoms with Crippen LogP contribution >= 0.6 is 0 Å². The zero-order chi connectivity index (χ0) is 26.5. The monoisotopic (exact) mass is 510 g/mol. The van der Waals surface area contributed by atoms with Gasteiger partial charge in [-0.15, -0.1) is 0 Å². The van der Waals surface area contributed by atoms with Crippen molar-refractivity contribution in [2.75, 3.05) is 23.8 Å². The van der Waals surface area contributed by atoms with Gasteiger partial charge in [0.05, 0.1) is 12.2 Å². The Morgan fingerprint density at radius 2 is 1.79 bits per heavy atom. The molecule has 0 aromatic heterocycles. The highest BCUT2D eigenvalue weighted by molar-refractivity contribution is 6.32. The summed E-state index contributed by atoms with van der Waals surface area (Å²) < 4.78 is 5.89. The van der Waals surface area contributed by atoms with Crippen molar-refractivity contribution in [1.29, 1.82) is 0 Å². The van der Waals surface area contributed by atoms with Crippen LogP contribution in [0.4, 0.5) is 11.4 Å². The van der Waals surface area contributed by atoms with Crippen LogP contribution in [0, 0.1) is 0 Å². The number of fused-ring (bicyclic) bond motifs is 1. The summed E-state index contributed by atoms with van der Waals surface area (Å²) in [5, 5.41) is 9.52. The predicted octanol–water partition coefficient (Wildman–Crippen LogP) is 4.33. The van der Waals surface area contributed by atoms with Gasteiger partial charge in [-0.3, -0.25) is 14.4 Å². The number of ether oxygens (including phenoxy) is 1. The average molecular weight is 511 g/mol. The number of hydrogen-bond donors (Lipinski definition) is 4. The highest BCUT2D eigenvalue weighted by atomic mass is 16.5. The van der Waals surface area contributed by atoms with Gasteiger partial charge in [-0.2, -0.15) is 0 Å². The summed E-state index contributed by atoms with van der Waals surface area (Å²) in [5.74, 6) is -0.318. The first-order chi connectivity index (χ1) is 18.5. The molecular weight excluding hydrogens is 480 g/mol. The van der Waals surface area contributed by atoms with Crippen molar-refractivity contribution in [2.24, 2.45) is 5.73 Å². The molecule has 8 nitrogen and oxygen atoms in total. The summed E-state index contributed by atoms with van der Waals surface area (Å²) >= 11 is 0. The van der Waals surface area contributed by atoms with Gasteiger partial charge in [0.25, 0.3) is 5.91 Å². The quantitative estimate of drug-likeness (QED) is 0.251. The van der Waals surface area contributed by atoms with E-state index in [1.807, 2.05) is 24.3 Å². The van der Waals surface area contributed by atoms with Crippen LogP contribution in [0.25, 0.3) is 5.57 Å². The lowest BCUT2D eigenvalue weighted by Crippen LogP contribution is -2.35. The summed E-state index contributed by atoms with van der Waals surface area (Å²) in [5.41, 5.74) is 8.87. The molecule has 0 aliphatic carbocycles. The molecular formula is C30H30N4O4. The van der Waals surface area contributed by atoms with E-state index in [-0.39, 0.29) is 17.3 Å². The highest BCUT2D eigenvalue weighted by Crippen LogP contribution is 2.33. The van der Waals surface area contributed by atoms with Crippen LogP contribution in [0.2, 0.25) is 0 Å². The van der Waals surface area contributed by atoms with E-state index >= 15 is 0 Å². The van der Waals surface area contributed by atoms with Crippen LogP contribution < -0.4 is 26.4 Å². The van der Waals surface area contributed by atoms with Gasteiger partial charge in [-0.25, -0.2) is 0 Å².